The van der Waals surface area contributed by atoms with Crippen LogP contribution in [-0.4, -0.2) is 13.1 Å². The molecule has 0 radical (unpaired) electrons. The second kappa shape index (κ2) is 5.91. The van der Waals surface area contributed by atoms with Gasteiger partial charge in [-0.25, -0.2) is 0 Å². The van der Waals surface area contributed by atoms with Gasteiger partial charge in [0.15, 0.2) is 0 Å². The van der Waals surface area contributed by atoms with Crippen LogP contribution in [0.4, 0.5) is 5.69 Å². The highest BCUT2D eigenvalue weighted by Crippen LogP contribution is 2.27. The molecule has 0 amide bonds. The molecule has 0 saturated carbocycles. The largest absolute Gasteiger partial charge is 0.469 e. The second-order valence-electron chi connectivity index (χ2n) is 4.04. The maximum absolute atomic E-state index is 11.2. The van der Waals surface area contributed by atoms with Crippen LogP contribution in [0, 0.1) is 0 Å². The van der Waals surface area contributed by atoms with E-state index in [4.69, 9.17) is 10.5 Å². The third-order valence-electron chi connectivity index (χ3n) is 2.62. The fourth-order valence-electron chi connectivity index (χ4n) is 1.66. The van der Waals surface area contributed by atoms with E-state index < -0.39 is 0 Å². The fourth-order valence-corrected chi connectivity index (χ4v) is 1.66. The van der Waals surface area contributed by atoms with Gasteiger partial charge in [-0.05, 0) is 29.8 Å². The molecule has 0 atom stereocenters. The summed E-state index contributed by atoms with van der Waals surface area (Å²) in [6, 6.07) is 14.5. The summed E-state index contributed by atoms with van der Waals surface area (Å²) in [4.78, 5) is 11.2. The molecule has 0 spiro atoms. The van der Waals surface area contributed by atoms with Crippen molar-refractivity contribution in [3.8, 4) is 11.5 Å². The molecule has 4 nitrogen and oxygen atoms in total. The molecule has 0 saturated heterocycles. The Morgan fingerprint density at radius 1 is 1.16 bits per heavy atom. The quantitative estimate of drug-likeness (QED) is 0.675. The van der Waals surface area contributed by atoms with Crippen molar-refractivity contribution in [2.45, 2.75) is 6.42 Å². The van der Waals surface area contributed by atoms with Crippen molar-refractivity contribution in [3.05, 3.63) is 54.1 Å². The highest BCUT2D eigenvalue weighted by Gasteiger charge is 2.05. The summed E-state index contributed by atoms with van der Waals surface area (Å²) in [6.07, 6.45) is 0.220. The number of hydrogen-bond donors (Lipinski definition) is 1. The van der Waals surface area contributed by atoms with Gasteiger partial charge in [-0.3, -0.25) is 4.79 Å². The molecular weight excluding hydrogens is 242 g/mol. The van der Waals surface area contributed by atoms with E-state index in [0.29, 0.717) is 17.2 Å². The molecule has 0 bridgehead atoms. The number of carbonyl (C=O) groups excluding carboxylic acids is 1. The fraction of sp³-hybridized carbons (Fsp3) is 0.133. The van der Waals surface area contributed by atoms with Crippen LogP contribution < -0.4 is 10.5 Å². The molecule has 2 aromatic carbocycles. The van der Waals surface area contributed by atoms with Crippen LogP contribution in [0.3, 0.4) is 0 Å². The summed E-state index contributed by atoms with van der Waals surface area (Å²) in [5.41, 5.74) is 7.21. The van der Waals surface area contributed by atoms with Crippen molar-refractivity contribution >= 4 is 11.7 Å². The molecule has 2 aromatic rings. The molecule has 0 aliphatic heterocycles. The summed E-state index contributed by atoms with van der Waals surface area (Å²) in [7, 11) is 1.37. The molecule has 98 valence electrons. The number of rotatable bonds is 4. The van der Waals surface area contributed by atoms with Crippen LogP contribution in [-0.2, 0) is 16.0 Å². The number of nitrogens with two attached hydrogens (primary N) is 1. The maximum Gasteiger partial charge on any atom is 0.309 e. The molecule has 4 heteroatoms. The van der Waals surface area contributed by atoms with E-state index in [1.165, 1.54) is 7.11 Å². The topological polar surface area (TPSA) is 61.5 Å². The molecule has 0 aliphatic carbocycles. The molecule has 0 heterocycles. The van der Waals surface area contributed by atoms with E-state index in [9.17, 15) is 4.79 Å². The third kappa shape index (κ3) is 3.48. The Kier molecular flexibility index (Phi) is 4.03. The van der Waals surface area contributed by atoms with Crippen LogP contribution in [0.5, 0.6) is 11.5 Å². The molecule has 19 heavy (non-hydrogen) atoms. The van der Waals surface area contributed by atoms with Crippen molar-refractivity contribution in [2.75, 3.05) is 12.8 Å². The zero-order valence-electron chi connectivity index (χ0n) is 10.6. The summed E-state index contributed by atoms with van der Waals surface area (Å²) in [5, 5.41) is 0. The number of anilines is 1. The molecule has 0 unspecified atom stereocenters. The average Bonchev–Trinajstić information content (AvgIpc) is 2.42. The van der Waals surface area contributed by atoms with Gasteiger partial charge in [-0.15, -0.1) is 0 Å². The Morgan fingerprint density at radius 2 is 1.95 bits per heavy atom. The molecule has 2 rings (SSSR count). The van der Waals surface area contributed by atoms with E-state index in [2.05, 4.69) is 4.74 Å². The average molecular weight is 257 g/mol. The van der Waals surface area contributed by atoms with Crippen molar-refractivity contribution in [1.82, 2.24) is 0 Å². The Labute approximate surface area is 111 Å². The number of benzene rings is 2. The van der Waals surface area contributed by atoms with Gasteiger partial charge in [-0.1, -0.05) is 24.3 Å². The van der Waals surface area contributed by atoms with Gasteiger partial charge in [0.25, 0.3) is 0 Å². The number of nitrogen functional groups attached to an aromatic ring is 1. The van der Waals surface area contributed by atoms with Gasteiger partial charge in [0.05, 0.1) is 19.2 Å². The molecule has 0 aromatic heterocycles. The molecule has 0 aliphatic rings. The number of ether oxygens (including phenoxy) is 2. The first kappa shape index (κ1) is 13.0. The van der Waals surface area contributed by atoms with Crippen molar-refractivity contribution in [3.63, 3.8) is 0 Å². The Bertz CT molecular complexity index is 581. The lowest BCUT2D eigenvalue weighted by Crippen LogP contribution is -2.04. The van der Waals surface area contributed by atoms with Crippen LogP contribution in [0.25, 0.3) is 0 Å². The van der Waals surface area contributed by atoms with E-state index in [-0.39, 0.29) is 12.4 Å². The zero-order valence-corrected chi connectivity index (χ0v) is 10.6. The van der Waals surface area contributed by atoms with Crippen LogP contribution >= 0.6 is 0 Å². The minimum atomic E-state index is -0.281. The minimum Gasteiger partial charge on any atom is -0.469 e. The summed E-state index contributed by atoms with van der Waals surface area (Å²) in [6.45, 7) is 0. The summed E-state index contributed by atoms with van der Waals surface area (Å²) < 4.78 is 10.3. The lowest BCUT2D eigenvalue weighted by Gasteiger charge is -2.09. The monoisotopic (exact) mass is 257 g/mol. The second-order valence-corrected chi connectivity index (χ2v) is 4.04. The predicted molar refractivity (Wildman–Crippen MR) is 73.1 cm³/mol. The lowest BCUT2D eigenvalue weighted by atomic mass is 10.1. The Balaban J connectivity index is 2.15. The first-order chi connectivity index (χ1) is 9.19. The minimum absolute atomic E-state index is 0.220. The smallest absolute Gasteiger partial charge is 0.309 e. The van der Waals surface area contributed by atoms with Crippen LogP contribution in [0.2, 0.25) is 0 Å². The maximum atomic E-state index is 11.2. The lowest BCUT2D eigenvalue weighted by molar-refractivity contribution is -0.139. The van der Waals surface area contributed by atoms with Crippen molar-refractivity contribution < 1.29 is 14.3 Å². The first-order valence-corrected chi connectivity index (χ1v) is 5.87. The van der Waals surface area contributed by atoms with E-state index in [1.807, 2.05) is 30.3 Å². The van der Waals surface area contributed by atoms with Crippen molar-refractivity contribution in [1.29, 1.82) is 0 Å². The number of methoxy groups -OCH3 is 1. The predicted octanol–water partition coefficient (Wildman–Crippen LogP) is 2.78. The Hall–Kier alpha value is -2.49. The zero-order chi connectivity index (χ0) is 13.7. The number of hydrogen-bond acceptors (Lipinski definition) is 4. The van der Waals surface area contributed by atoms with Crippen molar-refractivity contribution in [2.24, 2.45) is 0 Å². The third-order valence-corrected chi connectivity index (χ3v) is 2.62. The van der Waals surface area contributed by atoms with Gasteiger partial charge in [0, 0.05) is 0 Å². The van der Waals surface area contributed by atoms with E-state index in [0.717, 1.165) is 5.56 Å². The first-order valence-electron chi connectivity index (χ1n) is 5.87. The highest BCUT2D eigenvalue weighted by atomic mass is 16.5. The SMILES string of the molecule is COC(=O)Cc1cccc(Oc2ccccc2N)c1. The Morgan fingerprint density at radius 3 is 2.68 bits per heavy atom. The number of esters is 1. The van der Waals surface area contributed by atoms with Gasteiger partial charge in [-0.2, -0.15) is 0 Å². The van der Waals surface area contributed by atoms with Gasteiger partial charge >= 0.3 is 5.97 Å². The molecule has 0 fully saturated rings. The number of para-hydroxylation sites is 2. The van der Waals surface area contributed by atoms with Gasteiger partial charge < -0.3 is 15.2 Å². The molecule has 2 N–H and O–H groups in total. The summed E-state index contributed by atoms with van der Waals surface area (Å²) in [5.74, 6) is 0.952. The summed E-state index contributed by atoms with van der Waals surface area (Å²) >= 11 is 0. The highest BCUT2D eigenvalue weighted by molar-refractivity contribution is 5.72. The van der Waals surface area contributed by atoms with Gasteiger partial charge in [0.2, 0.25) is 0 Å². The van der Waals surface area contributed by atoms with Gasteiger partial charge in [0.1, 0.15) is 11.5 Å². The normalized spacial score (nSPS) is 9.95. The van der Waals surface area contributed by atoms with Crippen LogP contribution in [0.1, 0.15) is 5.56 Å². The standard InChI is InChI=1S/C15H15NO3/c1-18-15(17)10-11-5-4-6-12(9-11)19-14-8-3-2-7-13(14)16/h2-9H,10,16H2,1H3. The number of carbonyl (C=O) groups is 1. The van der Waals surface area contributed by atoms with Crippen LogP contribution in [0.15, 0.2) is 48.5 Å². The molecular formula is C15H15NO3. The van der Waals surface area contributed by atoms with E-state index in [1.54, 1.807) is 18.2 Å². The van der Waals surface area contributed by atoms with E-state index >= 15 is 0 Å².